The van der Waals surface area contributed by atoms with Crippen LogP contribution in [0.15, 0.2) is 24.3 Å². The van der Waals surface area contributed by atoms with Crippen LogP contribution in [0.3, 0.4) is 0 Å². The summed E-state index contributed by atoms with van der Waals surface area (Å²) in [6.45, 7) is 6.01. The van der Waals surface area contributed by atoms with Gasteiger partial charge in [-0.1, -0.05) is 42.7 Å². The van der Waals surface area contributed by atoms with Crippen molar-refractivity contribution < 1.29 is 14.3 Å². The number of nitrogens with zero attached hydrogens (tertiary/aromatic N) is 2. The maximum atomic E-state index is 12.5. The quantitative estimate of drug-likeness (QED) is 0.794. The van der Waals surface area contributed by atoms with E-state index in [9.17, 15) is 9.59 Å². The van der Waals surface area contributed by atoms with Crippen LogP contribution < -0.4 is 5.32 Å². The molecule has 2 aromatic rings. The Hall–Kier alpha value is -2.63. The summed E-state index contributed by atoms with van der Waals surface area (Å²) >= 11 is 0. The standard InChI is InChI=1S/C21H27N3O3/c1-14-8-10-17(11-9-14)12-24-16(3)20(15(2)23-24)21(26)27-13-19(25)22-18-6-4-5-7-18/h8-11,18H,4-7,12-13H2,1-3H3,(H,22,25). The summed E-state index contributed by atoms with van der Waals surface area (Å²) in [6.07, 6.45) is 4.29. The van der Waals surface area contributed by atoms with E-state index in [1.807, 2.05) is 13.8 Å². The van der Waals surface area contributed by atoms with Crippen molar-refractivity contribution in [1.82, 2.24) is 15.1 Å². The molecule has 6 nitrogen and oxygen atoms in total. The van der Waals surface area contributed by atoms with Crippen LogP contribution in [0.2, 0.25) is 0 Å². The molecule has 0 spiro atoms. The number of nitrogens with one attached hydrogen (secondary N) is 1. The van der Waals surface area contributed by atoms with Gasteiger partial charge in [-0.3, -0.25) is 9.48 Å². The van der Waals surface area contributed by atoms with Crippen LogP contribution in [0.25, 0.3) is 0 Å². The second-order valence-corrected chi connectivity index (χ2v) is 7.31. The largest absolute Gasteiger partial charge is 0.452 e. The Balaban J connectivity index is 1.61. The number of aryl methyl sites for hydroxylation is 2. The van der Waals surface area contributed by atoms with Crippen LogP contribution in [0.1, 0.15) is 58.6 Å². The Morgan fingerprint density at radius 2 is 1.81 bits per heavy atom. The van der Waals surface area contributed by atoms with Crippen LogP contribution >= 0.6 is 0 Å². The van der Waals surface area contributed by atoms with Crippen molar-refractivity contribution in [3.8, 4) is 0 Å². The van der Waals surface area contributed by atoms with Gasteiger partial charge in [0.15, 0.2) is 6.61 Å². The third-order valence-electron chi connectivity index (χ3n) is 5.09. The number of carbonyl (C=O) groups is 2. The van der Waals surface area contributed by atoms with Gasteiger partial charge in [0.1, 0.15) is 5.56 Å². The predicted molar refractivity (Wildman–Crippen MR) is 103 cm³/mol. The van der Waals surface area contributed by atoms with Crippen molar-refractivity contribution in [2.45, 2.75) is 59.0 Å². The third-order valence-corrected chi connectivity index (χ3v) is 5.09. The summed E-state index contributed by atoms with van der Waals surface area (Å²) < 4.78 is 7.04. The van der Waals surface area contributed by atoms with Crippen LogP contribution in [0, 0.1) is 20.8 Å². The molecule has 0 radical (unpaired) electrons. The highest BCUT2D eigenvalue weighted by Gasteiger charge is 2.22. The lowest BCUT2D eigenvalue weighted by atomic mass is 10.1. The van der Waals surface area contributed by atoms with E-state index in [0.717, 1.165) is 36.9 Å². The van der Waals surface area contributed by atoms with Crippen molar-refractivity contribution in [2.24, 2.45) is 0 Å². The number of ether oxygens (including phenoxy) is 1. The zero-order chi connectivity index (χ0) is 19.4. The van der Waals surface area contributed by atoms with E-state index in [2.05, 4.69) is 34.7 Å². The number of hydrogen-bond donors (Lipinski definition) is 1. The number of rotatable bonds is 6. The fourth-order valence-corrected chi connectivity index (χ4v) is 3.56. The molecule has 1 aliphatic carbocycles. The zero-order valence-electron chi connectivity index (χ0n) is 16.2. The molecule has 1 heterocycles. The Morgan fingerprint density at radius 3 is 2.48 bits per heavy atom. The molecule has 1 fully saturated rings. The minimum atomic E-state index is -0.498. The first-order valence-corrected chi connectivity index (χ1v) is 9.50. The van der Waals surface area contributed by atoms with Crippen LogP contribution in [0.4, 0.5) is 0 Å². The highest BCUT2D eigenvalue weighted by Crippen LogP contribution is 2.18. The minimum Gasteiger partial charge on any atom is -0.452 e. The predicted octanol–water partition coefficient (Wildman–Crippen LogP) is 3.07. The van der Waals surface area contributed by atoms with E-state index < -0.39 is 5.97 Å². The molecule has 1 N–H and O–H groups in total. The van der Waals surface area contributed by atoms with E-state index in [1.54, 1.807) is 11.6 Å². The van der Waals surface area contributed by atoms with Gasteiger partial charge in [-0.15, -0.1) is 0 Å². The minimum absolute atomic E-state index is 0.219. The molecule has 3 rings (SSSR count). The van der Waals surface area contributed by atoms with E-state index in [4.69, 9.17) is 4.74 Å². The highest BCUT2D eigenvalue weighted by molar-refractivity contribution is 5.93. The summed E-state index contributed by atoms with van der Waals surface area (Å²) in [5.74, 6) is -0.737. The topological polar surface area (TPSA) is 73.2 Å². The molecule has 1 aromatic carbocycles. The molecule has 0 atom stereocenters. The molecule has 1 amide bonds. The first-order chi connectivity index (χ1) is 12.9. The normalized spacial score (nSPS) is 14.3. The van der Waals surface area contributed by atoms with Crippen molar-refractivity contribution >= 4 is 11.9 Å². The Bertz CT molecular complexity index is 818. The average molecular weight is 369 g/mol. The highest BCUT2D eigenvalue weighted by atomic mass is 16.5. The SMILES string of the molecule is Cc1ccc(Cn2nc(C)c(C(=O)OCC(=O)NC3CCCC3)c2C)cc1. The van der Waals surface area contributed by atoms with Crippen LogP contribution in [-0.2, 0) is 16.1 Å². The van der Waals surface area contributed by atoms with Gasteiger partial charge in [-0.05, 0) is 39.2 Å². The van der Waals surface area contributed by atoms with Gasteiger partial charge in [0.25, 0.3) is 5.91 Å². The molecule has 0 saturated heterocycles. The van der Waals surface area contributed by atoms with Crippen LogP contribution in [-0.4, -0.2) is 34.3 Å². The van der Waals surface area contributed by atoms with E-state index in [-0.39, 0.29) is 18.6 Å². The molecule has 1 aromatic heterocycles. The molecular weight excluding hydrogens is 342 g/mol. The Labute approximate surface area is 159 Å². The van der Waals surface area contributed by atoms with E-state index in [1.165, 1.54) is 5.56 Å². The van der Waals surface area contributed by atoms with Gasteiger partial charge >= 0.3 is 5.97 Å². The maximum absolute atomic E-state index is 12.5. The molecule has 0 bridgehead atoms. The first-order valence-electron chi connectivity index (χ1n) is 9.50. The zero-order valence-corrected chi connectivity index (χ0v) is 16.2. The fraction of sp³-hybridized carbons (Fsp3) is 0.476. The lowest BCUT2D eigenvalue weighted by molar-refractivity contribution is -0.124. The first kappa shape index (κ1) is 19.1. The van der Waals surface area contributed by atoms with Crippen LogP contribution in [0.5, 0.6) is 0 Å². The summed E-state index contributed by atoms with van der Waals surface area (Å²) in [4.78, 5) is 24.5. The van der Waals surface area contributed by atoms with Gasteiger partial charge in [0.2, 0.25) is 0 Å². The summed E-state index contributed by atoms with van der Waals surface area (Å²) in [5, 5.41) is 7.39. The van der Waals surface area contributed by atoms with Gasteiger partial charge in [0, 0.05) is 6.04 Å². The van der Waals surface area contributed by atoms with Crippen molar-refractivity contribution in [1.29, 1.82) is 0 Å². The van der Waals surface area contributed by atoms with E-state index in [0.29, 0.717) is 17.8 Å². The summed E-state index contributed by atoms with van der Waals surface area (Å²) in [7, 11) is 0. The lowest BCUT2D eigenvalue weighted by Crippen LogP contribution is -2.36. The van der Waals surface area contributed by atoms with Crippen molar-refractivity contribution in [2.75, 3.05) is 6.61 Å². The smallest absolute Gasteiger partial charge is 0.342 e. The van der Waals surface area contributed by atoms with Crippen molar-refractivity contribution in [3.63, 3.8) is 0 Å². The lowest BCUT2D eigenvalue weighted by Gasteiger charge is -2.12. The second-order valence-electron chi connectivity index (χ2n) is 7.31. The summed E-state index contributed by atoms with van der Waals surface area (Å²) in [6, 6.07) is 8.43. The number of amides is 1. The number of esters is 1. The van der Waals surface area contributed by atoms with Gasteiger partial charge in [-0.2, -0.15) is 5.10 Å². The molecule has 27 heavy (non-hydrogen) atoms. The van der Waals surface area contributed by atoms with Crippen molar-refractivity contribution in [3.05, 3.63) is 52.3 Å². The molecule has 1 aliphatic rings. The van der Waals surface area contributed by atoms with E-state index >= 15 is 0 Å². The number of carbonyl (C=O) groups excluding carboxylic acids is 2. The number of aromatic nitrogens is 2. The summed E-state index contributed by atoms with van der Waals surface area (Å²) in [5.41, 5.74) is 4.11. The fourth-order valence-electron chi connectivity index (χ4n) is 3.56. The molecular formula is C21H27N3O3. The maximum Gasteiger partial charge on any atom is 0.342 e. The molecule has 1 saturated carbocycles. The molecule has 0 unspecified atom stereocenters. The average Bonchev–Trinajstić information content (AvgIpc) is 3.23. The third kappa shape index (κ3) is 4.76. The monoisotopic (exact) mass is 369 g/mol. The molecule has 0 aliphatic heterocycles. The molecule has 6 heteroatoms. The Morgan fingerprint density at radius 1 is 1.15 bits per heavy atom. The van der Waals surface area contributed by atoms with Gasteiger partial charge in [0.05, 0.1) is 17.9 Å². The number of hydrogen-bond acceptors (Lipinski definition) is 4. The Kier molecular flexibility index (Phi) is 5.94. The van der Waals surface area contributed by atoms with Gasteiger partial charge in [-0.25, -0.2) is 4.79 Å². The second kappa shape index (κ2) is 8.37. The number of benzene rings is 1. The van der Waals surface area contributed by atoms with Gasteiger partial charge < -0.3 is 10.1 Å². The molecule has 144 valence electrons.